The number of halogens is 3. The predicted molar refractivity (Wildman–Crippen MR) is 85.9 cm³/mol. The molecule has 8 heteroatoms. The lowest BCUT2D eigenvalue weighted by atomic mass is 10.1. The first-order chi connectivity index (χ1) is 11.4. The quantitative estimate of drug-likeness (QED) is 0.775. The van der Waals surface area contributed by atoms with Gasteiger partial charge in [0.25, 0.3) is 5.91 Å². The molecule has 0 aliphatic heterocycles. The summed E-state index contributed by atoms with van der Waals surface area (Å²) in [5.41, 5.74) is -0.574. The molecule has 2 aromatic rings. The number of anilines is 1. The molecule has 0 fully saturated rings. The number of carbonyl (C=O) groups is 1. The number of hydrogen-bond donors (Lipinski definition) is 2. The minimum atomic E-state index is -4.48. The Labute approximate surface area is 140 Å². The first kappa shape index (κ1) is 17.8. The SMILES string of the molecule is N#Cc1cc(C(F)(F)F)ccc1NCCCNC(=O)c1cccs1. The van der Waals surface area contributed by atoms with Crippen molar-refractivity contribution < 1.29 is 18.0 Å². The molecule has 0 saturated carbocycles. The van der Waals surface area contributed by atoms with Gasteiger partial charge in [0.15, 0.2) is 0 Å². The summed E-state index contributed by atoms with van der Waals surface area (Å²) in [6, 6.07) is 8.26. The maximum Gasteiger partial charge on any atom is 0.416 e. The Morgan fingerprint density at radius 3 is 2.67 bits per heavy atom. The minimum Gasteiger partial charge on any atom is -0.384 e. The van der Waals surface area contributed by atoms with Gasteiger partial charge in [-0.15, -0.1) is 11.3 Å². The van der Waals surface area contributed by atoms with Gasteiger partial charge in [0, 0.05) is 13.1 Å². The molecule has 0 aliphatic rings. The summed E-state index contributed by atoms with van der Waals surface area (Å²) < 4.78 is 37.8. The average molecular weight is 353 g/mol. The Hall–Kier alpha value is -2.53. The lowest BCUT2D eigenvalue weighted by molar-refractivity contribution is -0.137. The van der Waals surface area contributed by atoms with Crippen LogP contribution in [0.15, 0.2) is 35.7 Å². The summed E-state index contributed by atoms with van der Waals surface area (Å²) in [6.45, 7) is 0.844. The molecule has 0 radical (unpaired) electrons. The minimum absolute atomic E-state index is 0.0625. The Morgan fingerprint density at radius 1 is 1.25 bits per heavy atom. The monoisotopic (exact) mass is 353 g/mol. The van der Waals surface area contributed by atoms with E-state index in [1.54, 1.807) is 18.2 Å². The summed E-state index contributed by atoms with van der Waals surface area (Å²) in [4.78, 5) is 12.3. The van der Waals surface area contributed by atoms with Gasteiger partial charge in [0.2, 0.25) is 0 Å². The van der Waals surface area contributed by atoms with Gasteiger partial charge in [-0.05, 0) is 36.1 Å². The van der Waals surface area contributed by atoms with Crippen LogP contribution in [-0.4, -0.2) is 19.0 Å². The standard InChI is InChI=1S/C16H14F3N3OS/c17-16(18,19)12-4-5-13(11(9-12)10-20)21-6-2-7-22-15(23)14-3-1-8-24-14/h1,3-5,8-9,21H,2,6-7H2,(H,22,23). The molecule has 1 aromatic carbocycles. The van der Waals surface area contributed by atoms with Gasteiger partial charge in [0.1, 0.15) is 6.07 Å². The van der Waals surface area contributed by atoms with Gasteiger partial charge in [-0.3, -0.25) is 4.79 Å². The molecular weight excluding hydrogens is 339 g/mol. The number of hydrogen-bond acceptors (Lipinski definition) is 4. The van der Waals surface area contributed by atoms with Crippen LogP contribution in [0.4, 0.5) is 18.9 Å². The first-order valence-electron chi connectivity index (χ1n) is 7.08. The summed E-state index contributed by atoms with van der Waals surface area (Å²) >= 11 is 1.34. The van der Waals surface area contributed by atoms with Crippen LogP contribution in [0, 0.1) is 11.3 Å². The second-order valence-electron chi connectivity index (χ2n) is 4.88. The largest absolute Gasteiger partial charge is 0.416 e. The number of rotatable bonds is 6. The predicted octanol–water partition coefficient (Wildman–Crippen LogP) is 3.87. The van der Waals surface area contributed by atoms with Crippen molar-refractivity contribution in [3.05, 3.63) is 51.7 Å². The average Bonchev–Trinajstić information content (AvgIpc) is 3.08. The molecule has 2 N–H and O–H groups in total. The number of nitriles is 1. The Balaban J connectivity index is 1.82. The second kappa shape index (κ2) is 7.84. The van der Waals surface area contributed by atoms with Crippen molar-refractivity contribution in [3.63, 3.8) is 0 Å². The van der Waals surface area contributed by atoms with E-state index in [0.717, 1.165) is 12.1 Å². The van der Waals surface area contributed by atoms with Crippen LogP contribution in [0.5, 0.6) is 0 Å². The zero-order chi connectivity index (χ0) is 17.6. The zero-order valence-corrected chi connectivity index (χ0v) is 13.3. The summed E-state index contributed by atoms with van der Waals surface area (Å²) in [7, 11) is 0. The third-order valence-corrected chi connectivity index (χ3v) is 4.04. The van der Waals surface area contributed by atoms with Gasteiger partial charge in [0.05, 0.1) is 21.7 Å². The molecule has 1 heterocycles. The molecule has 0 bridgehead atoms. The van der Waals surface area contributed by atoms with E-state index in [1.807, 2.05) is 5.38 Å². The van der Waals surface area contributed by atoms with Gasteiger partial charge < -0.3 is 10.6 Å². The molecule has 0 atom stereocenters. The third kappa shape index (κ3) is 4.73. The van der Waals surface area contributed by atoms with Crippen LogP contribution in [0.1, 0.15) is 27.2 Å². The third-order valence-electron chi connectivity index (χ3n) is 3.17. The van der Waals surface area contributed by atoms with E-state index in [2.05, 4.69) is 10.6 Å². The molecule has 1 amide bonds. The highest BCUT2D eigenvalue weighted by Crippen LogP contribution is 2.31. The van der Waals surface area contributed by atoms with Gasteiger partial charge in [-0.25, -0.2) is 0 Å². The molecule has 1 aromatic heterocycles. The van der Waals surface area contributed by atoms with E-state index in [1.165, 1.54) is 17.4 Å². The maximum atomic E-state index is 12.6. The van der Waals surface area contributed by atoms with Gasteiger partial charge >= 0.3 is 6.18 Å². The maximum absolute atomic E-state index is 12.6. The number of nitrogens with one attached hydrogen (secondary N) is 2. The highest BCUT2D eigenvalue weighted by Gasteiger charge is 2.31. The zero-order valence-electron chi connectivity index (χ0n) is 12.5. The van der Waals surface area contributed by atoms with Crippen molar-refractivity contribution in [1.29, 1.82) is 5.26 Å². The first-order valence-corrected chi connectivity index (χ1v) is 7.96. The van der Waals surface area contributed by atoms with E-state index in [4.69, 9.17) is 5.26 Å². The van der Waals surface area contributed by atoms with Crippen molar-refractivity contribution in [2.45, 2.75) is 12.6 Å². The van der Waals surface area contributed by atoms with E-state index in [-0.39, 0.29) is 11.5 Å². The summed E-state index contributed by atoms with van der Waals surface area (Å²) in [5, 5.41) is 16.4. The van der Waals surface area contributed by atoms with E-state index >= 15 is 0 Å². The topological polar surface area (TPSA) is 64.9 Å². The molecule has 4 nitrogen and oxygen atoms in total. The van der Waals surface area contributed by atoms with Gasteiger partial charge in [-0.1, -0.05) is 6.07 Å². The number of nitrogens with zero attached hydrogens (tertiary/aromatic N) is 1. The molecule has 24 heavy (non-hydrogen) atoms. The van der Waals surface area contributed by atoms with Crippen molar-refractivity contribution in [1.82, 2.24) is 5.32 Å². The van der Waals surface area contributed by atoms with Crippen LogP contribution in [0.2, 0.25) is 0 Å². The van der Waals surface area contributed by atoms with Crippen LogP contribution >= 0.6 is 11.3 Å². The fourth-order valence-corrected chi connectivity index (χ4v) is 2.62. The number of carbonyl (C=O) groups excluding carboxylic acids is 1. The van der Waals surface area contributed by atoms with Crippen LogP contribution in [0.3, 0.4) is 0 Å². The lowest BCUT2D eigenvalue weighted by Gasteiger charge is -2.11. The molecule has 0 spiro atoms. The fourth-order valence-electron chi connectivity index (χ4n) is 1.98. The van der Waals surface area contributed by atoms with Crippen molar-refractivity contribution in [3.8, 4) is 6.07 Å². The molecule has 0 saturated heterocycles. The molecule has 2 rings (SSSR count). The Bertz CT molecular complexity index is 736. The number of thiophene rings is 1. The molecule has 0 aliphatic carbocycles. The fraction of sp³-hybridized carbons (Fsp3) is 0.250. The normalized spacial score (nSPS) is 10.9. The summed E-state index contributed by atoms with van der Waals surface area (Å²) in [5.74, 6) is -0.155. The highest BCUT2D eigenvalue weighted by molar-refractivity contribution is 7.12. The summed E-state index contributed by atoms with van der Waals surface area (Å²) in [6.07, 6.45) is -3.90. The molecule has 126 valence electrons. The Kier molecular flexibility index (Phi) is 5.82. The van der Waals surface area contributed by atoms with Crippen molar-refractivity contribution in [2.24, 2.45) is 0 Å². The number of alkyl halides is 3. The van der Waals surface area contributed by atoms with Crippen molar-refractivity contribution >= 4 is 22.9 Å². The van der Waals surface area contributed by atoms with E-state index in [0.29, 0.717) is 30.1 Å². The van der Waals surface area contributed by atoms with Crippen molar-refractivity contribution in [2.75, 3.05) is 18.4 Å². The Morgan fingerprint density at radius 2 is 2.04 bits per heavy atom. The smallest absolute Gasteiger partial charge is 0.384 e. The van der Waals surface area contributed by atoms with E-state index < -0.39 is 11.7 Å². The van der Waals surface area contributed by atoms with Gasteiger partial charge in [-0.2, -0.15) is 18.4 Å². The van der Waals surface area contributed by atoms with Crippen LogP contribution < -0.4 is 10.6 Å². The van der Waals surface area contributed by atoms with E-state index in [9.17, 15) is 18.0 Å². The van der Waals surface area contributed by atoms with Crippen LogP contribution in [0.25, 0.3) is 0 Å². The second-order valence-corrected chi connectivity index (χ2v) is 5.83. The van der Waals surface area contributed by atoms with Crippen LogP contribution in [-0.2, 0) is 6.18 Å². The highest BCUT2D eigenvalue weighted by atomic mass is 32.1. The molecular formula is C16H14F3N3OS. The molecule has 0 unspecified atom stereocenters. The number of amides is 1. The number of benzene rings is 1. The lowest BCUT2D eigenvalue weighted by Crippen LogP contribution is -2.25.